The van der Waals surface area contributed by atoms with Crippen molar-refractivity contribution in [3.63, 3.8) is 0 Å². The van der Waals surface area contributed by atoms with E-state index < -0.39 is 5.54 Å². The third-order valence-corrected chi connectivity index (χ3v) is 4.63. The number of methoxy groups -OCH3 is 1. The molecule has 1 aromatic rings. The van der Waals surface area contributed by atoms with Gasteiger partial charge in [-0.25, -0.2) is 0 Å². The summed E-state index contributed by atoms with van der Waals surface area (Å²) < 4.78 is 10.9. The van der Waals surface area contributed by atoms with Gasteiger partial charge in [-0.2, -0.15) is 0 Å². The standard InChI is InChI=1S/C17H25NO3/c1-13-7-4-5-9-15(13)21-12-10-14-8-6-11-17(14,18-2)16(19)20-3/h4-5,7,9,14,18H,6,8,10-12H2,1-3H3. The zero-order valence-corrected chi connectivity index (χ0v) is 13.1. The van der Waals surface area contributed by atoms with Crippen molar-refractivity contribution in [2.24, 2.45) is 5.92 Å². The predicted molar refractivity (Wildman–Crippen MR) is 82.4 cm³/mol. The van der Waals surface area contributed by atoms with Gasteiger partial charge < -0.3 is 14.8 Å². The lowest BCUT2D eigenvalue weighted by molar-refractivity contribution is -0.150. The summed E-state index contributed by atoms with van der Waals surface area (Å²) in [4.78, 5) is 12.1. The number of aryl methyl sites for hydroxylation is 1. The summed E-state index contributed by atoms with van der Waals surface area (Å²) in [5.41, 5.74) is 0.598. The van der Waals surface area contributed by atoms with Crippen molar-refractivity contribution >= 4 is 5.97 Å². The lowest BCUT2D eigenvalue weighted by Crippen LogP contribution is -2.54. The Morgan fingerprint density at radius 1 is 1.43 bits per heavy atom. The molecule has 0 radical (unpaired) electrons. The number of likely N-dealkylation sites (N-methyl/N-ethyl adjacent to an activating group) is 1. The second kappa shape index (κ2) is 6.94. The molecule has 0 bridgehead atoms. The van der Waals surface area contributed by atoms with Gasteiger partial charge in [0.1, 0.15) is 11.3 Å². The van der Waals surface area contributed by atoms with E-state index in [1.807, 2.05) is 38.2 Å². The van der Waals surface area contributed by atoms with E-state index in [9.17, 15) is 4.79 Å². The van der Waals surface area contributed by atoms with Gasteiger partial charge in [0.05, 0.1) is 13.7 Å². The van der Waals surface area contributed by atoms with Gasteiger partial charge in [-0.05, 0) is 50.8 Å². The number of esters is 1. The Morgan fingerprint density at radius 2 is 2.19 bits per heavy atom. The lowest BCUT2D eigenvalue weighted by Gasteiger charge is -2.32. The van der Waals surface area contributed by atoms with E-state index in [4.69, 9.17) is 9.47 Å². The molecular formula is C17H25NO3. The number of para-hydroxylation sites is 1. The molecule has 0 aromatic heterocycles. The molecule has 1 aromatic carbocycles. The maximum Gasteiger partial charge on any atom is 0.326 e. The van der Waals surface area contributed by atoms with Gasteiger partial charge in [0, 0.05) is 0 Å². The quantitative estimate of drug-likeness (QED) is 0.819. The third kappa shape index (κ3) is 3.21. The van der Waals surface area contributed by atoms with Crippen molar-refractivity contribution in [1.29, 1.82) is 0 Å². The second-order valence-electron chi connectivity index (χ2n) is 5.70. The molecule has 1 fully saturated rings. The van der Waals surface area contributed by atoms with Crippen LogP contribution in [0.4, 0.5) is 0 Å². The van der Waals surface area contributed by atoms with Gasteiger partial charge >= 0.3 is 5.97 Å². The van der Waals surface area contributed by atoms with E-state index in [0.29, 0.717) is 6.61 Å². The Labute approximate surface area is 126 Å². The smallest absolute Gasteiger partial charge is 0.326 e. The largest absolute Gasteiger partial charge is 0.493 e. The number of nitrogens with one attached hydrogen (secondary N) is 1. The van der Waals surface area contributed by atoms with Crippen LogP contribution in [0.1, 0.15) is 31.2 Å². The van der Waals surface area contributed by atoms with E-state index in [1.54, 1.807) is 0 Å². The summed E-state index contributed by atoms with van der Waals surface area (Å²) in [6, 6.07) is 8.00. The van der Waals surface area contributed by atoms with E-state index >= 15 is 0 Å². The van der Waals surface area contributed by atoms with Crippen molar-refractivity contribution in [1.82, 2.24) is 5.32 Å². The highest BCUT2D eigenvalue weighted by Gasteiger charge is 2.48. The van der Waals surface area contributed by atoms with E-state index in [2.05, 4.69) is 5.32 Å². The molecule has 1 aliphatic rings. The highest BCUT2D eigenvalue weighted by atomic mass is 16.5. The highest BCUT2D eigenvalue weighted by molar-refractivity contribution is 5.81. The van der Waals surface area contributed by atoms with Crippen LogP contribution < -0.4 is 10.1 Å². The fourth-order valence-electron chi connectivity index (χ4n) is 3.38. The van der Waals surface area contributed by atoms with Crippen LogP contribution in [0.5, 0.6) is 5.75 Å². The zero-order chi connectivity index (χ0) is 15.3. The number of benzene rings is 1. The first-order valence-corrected chi connectivity index (χ1v) is 7.60. The average molecular weight is 291 g/mol. The first-order chi connectivity index (χ1) is 10.1. The summed E-state index contributed by atoms with van der Waals surface area (Å²) in [6.07, 6.45) is 3.77. The Balaban J connectivity index is 1.96. The molecule has 4 heteroatoms. The number of hydrogen-bond donors (Lipinski definition) is 1. The first-order valence-electron chi connectivity index (χ1n) is 7.60. The minimum absolute atomic E-state index is 0.150. The molecule has 4 nitrogen and oxygen atoms in total. The first kappa shape index (κ1) is 15.8. The summed E-state index contributed by atoms with van der Waals surface area (Å²) in [5.74, 6) is 1.03. The van der Waals surface area contributed by atoms with E-state index in [-0.39, 0.29) is 11.9 Å². The van der Waals surface area contributed by atoms with Crippen LogP contribution in [0.2, 0.25) is 0 Å². The monoisotopic (exact) mass is 291 g/mol. The molecule has 1 N–H and O–H groups in total. The summed E-state index contributed by atoms with van der Waals surface area (Å²) in [5, 5.41) is 3.21. The molecule has 0 spiro atoms. The molecule has 0 amide bonds. The topological polar surface area (TPSA) is 47.6 Å². The van der Waals surface area contributed by atoms with Gasteiger partial charge in [-0.1, -0.05) is 24.6 Å². The van der Waals surface area contributed by atoms with Crippen LogP contribution >= 0.6 is 0 Å². The molecule has 116 valence electrons. The van der Waals surface area contributed by atoms with Crippen LogP contribution in [-0.4, -0.2) is 32.3 Å². The van der Waals surface area contributed by atoms with Crippen LogP contribution in [0.15, 0.2) is 24.3 Å². The normalized spacial score (nSPS) is 24.8. The van der Waals surface area contributed by atoms with Gasteiger partial charge in [0.25, 0.3) is 0 Å². The minimum Gasteiger partial charge on any atom is -0.493 e. The molecule has 0 aliphatic heterocycles. The zero-order valence-electron chi connectivity index (χ0n) is 13.1. The molecule has 2 unspecified atom stereocenters. The van der Waals surface area contributed by atoms with Crippen molar-refractivity contribution in [2.45, 2.75) is 38.1 Å². The average Bonchev–Trinajstić information content (AvgIpc) is 2.92. The number of rotatable bonds is 6. The number of hydrogen-bond acceptors (Lipinski definition) is 4. The van der Waals surface area contributed by atoms with Crippen LogP contribution in [-0.2, 0) is 9.53 Å². The maximum absolute atomic E-state index is 12.1. The van der Waals surface area contributed by atoms with Gasteiger partial charge in [0.2, 0.25) is 0 Å². The molecule has 21 heavy (non-hydrogen) atoms. The summed E-state index contributed by atoms with van der Waals surface area (Å²) in [6.45, 7) is 2.66. The molecule has 2 rings (SSSR count). The Kier molecular flexibility index (Phi) is 5.23. The van der Waals surface area contributed by atoms with Crippen molar-refractivity contribution in [3.8, 4) is 5.75 Å². The minimum atomic E-state index is -0.538. The molecule has 0 saturated heterocycles. The predicted octanol–water partition coefficient (Wildman–Crippen LogP) is 2.70. The van der Waals surface area contributed by atoms with Crippen LogP contribution in [0.3, 0.4) is 0 Å². The molecule has 0 heterocycles. The van der Waals surface area contributed by atoms with Crippen molar-refractivity contribution in [3.05, 3.63) is 29.8 Å². The summed E-state index contributed by atoms with van der Waals surface area (Å²) >= 11 is 0. The Morgan fingerprint density at radius 3 is 2.86 bits per heavy atom. The van der Waals surface area contributed by atoms with E-state index in [0.717, 1.165) is 37.0 Å². The second-order valence-corrected chi connectivity index (χ2v) is 5.70. The number of ether oxygens (including phenoxy) is 2. The van der Waals surface area contributed by atoms with Crippen LogP contribution in [0, 0.1) is 12.8 Å². The molecule has 1 saturated carbocycles. The van der Waals surface area contributed by atoms with E-state index in [1.165, 1.54) is 7.11 Å². The van der Waals surface area contributed by atoms with Crippen molar-refractivity contribution < 1.29 is 14.3 Å². The molecular weight excluding hydrogens is 266 g/mol. The molecule has 2 atom stereocenters. The number of carbonyl (C=O) groups excluding carboxylic acids is 1. The Hall–Kier alpha value is -1.55. The third-order valence-electron chi connectivity index (χ3n) is 4.63. The highest BCUT2D eigenvalue weighted by Crippen LogP contribution is 2.38. The lowest BCUT2D eigenvalue weighted by atomic mass is 9.85. The van der Waals surface area contributed by atoms with Gasteiger partial charge in [0.15, 0.2) is 0 Å². The Bertz CT molecular complexity index is 489. The summed E-state index contributed by atoms with van der Waals surface area (Å²) in [7, 11) is 3.30. The van der Waals surface area contributed by atoms with Crippen LogP contribution in [0.25, 0.3) is 0 Å². The molecule has 1 aliphatic carbocycles. The SMILES string of the molecule is CNC1(C(=O)OC)CCCC1CCOc1ccccc1C. The van der Waals surface area contributed by atoms with Crippen molar-refractivity contribution in [2.75, 3.05) is 20.8 Å². The number of carbonyl (C=O) groups is 1. The maximum atomic E-state index is 12.1. The fraction of sp³-hybridized carbons (Fsp3) is 0.588. The van der Waals surface area contributed by atoms with Gasteiger partial charge in [-0.15, -0.1) is 0 Å². The van der Waals surface area contributed by atoms with Gasteiger partial charge in [-0.3, -0.25) is 4.79 Å². The fourth-order valence-corrected chi connectivity index (χ4v) is 3.38.